The first-order valence-electron chi connectivity index (χ1n) is 16.1. The molecule has 0 heterocycles. The minimum atomic E-state index is -4.74. The highest BCUT2D eigenvalue weighted by atomic mass is 31.2. The first-order chi connectivity index (χ1) is 19.4. The van der Waals surface area contributed by atoms with Crippen LogP contribution in [0, 0.1) is 0 Å². The normalized spacial score (nSPS) is 13.7. The second-order valence-electron chi connectivity index (χ2n) is 12.4. The van der Waals surface area contributed by atoms with Crippen molar-refractivity contribution >= 4 is 19.6 Å². The zero-order valence-corrected chi connectivity index (χ0v) is 27.8. The fourth-order valence-corrected chi connectivity index (χ4v) is 5.47. The summed E-state index contributed by atoms with van der Waals surface area (Å²) >= 11 is 0. The van der Waals surface area contributed by atoms with Crippen molar-refractivity contribution in [2.45, 2.75) is 148 Å². The lowest BCUT2D eigenvalue weighted by atomic mass is 10.0. The van der Waals surface area contributed by atoms with Gasteiger partial charge in [0.15, 0.2) is 6.10 Å². The Morgan fingerprint density at radius 3 is 1.59 bits per heavy atom. The number of hydrogen-bond acceptors (Lipinski definition) is 6. The third-order valence-corrected chi connectivity index (χ3v) is 7.92. The number of carbonyl (C=O) groups is 2. The van der Waals surface area contributed by atoms with Gasteiger partial charge in [-0.15, -0.1) is 0 Å². The van der Waals surface area contributed by atoms with E-state index in [4.69, 9.17) is 19.3 Å². The van der Waals surface area contributed by atoms with Crippen LogP contribution in [0.15, 0.2) is 0 Å². The number of ether oxygens (including phenoxy) is 2. The van der Waals surface area contributed by atoms with E-state index < -0.39 is 32.9 Å². The molecule has 41 heavy (non-hydrogen) atoms. The first kappa shape index (κ1) is 40.2. The molecule has 0 amide bonds. The molecule has 0 aromatic heterocycles. The van der Waals surface area contributed by atoms with E-state index in [9.17, 15) is 14.2 Å². The van der Waals surface area contributed by atoms with Crippen LogP contribution in [-0.4, -0.2) is 79.1 Å². The van der Waals surface area contributed by atoms with E-state index in [1.54, 1.807) is 0 Å². The molecule has 2 unspecified atom stereocenters. The molecule has 0 aliphatic rings. The van der Waals surface area contributed by atoms with Gasteiger partial charge in [-0.3, -0.25) is 14.1 Å². The minimum Gasteiger partial charge on any atom is -0.453 e. The lowest BCUT2D eigenvalue weighted by Crippen LogP contribution is -2.54. The van der Waals surface area contributed by atoms with Crippen molar-refractivity contribution in [2.24, 2.45) is 0 Å². The number of Topliss-reactive ketones (excluding diaryl/α,β-unsaturated/α-hetero) is 1. The maximum atomic E-state index is 12.2. The second-order valence-corrected chi connectivity index (χ2v) is 13.7. The van der Waals surface area contributed by atoms with Crippen LogP contribution >= 0.6 is 7.82 Å². The van der Waals surface area contributed by atoms with Crippen LogP contribution in [-0.2, 0) is 28.2 Å². The lowest BCUT2D eigenvalue weighted by Gasteiger charge is -2.38. The second kappa shape index (κ2) is 24.6. The summed E-state index contributed by atoms with van der Waals surface area (Å²) in [5.41, 5.74) is 0. The van der Waals surface area contributed by atoms with E-state index in [1.165, 1.54) is 103 Å². The van der Waals surface area contributed by atoms with E-state index in [2.05, 4.69) is 11.4 Å². The molecule has 0 saturated heterocycles. The minimum absolute atomic E-state index is 0.295. The van der Waals surface area contributed by atoms with Crippen molar-refractivity contribution in [3.63, 3.8) is 0 Å². The average Bonchev–Trinajstić information content (AvgIpc) is 2.86. The molecule has 0 rings (SSSR count). The SMILES string of the molecule is CCCCCCCCCCCCCCCCCCOCCCC(C(COP(=O)(O)O)OC(=O)CC(C)=O)[N+](C)(C)C. The Bertz CT molecular complexity index is 707. The number of phosphoric ester groups is 1. The van der Waals surface area contributed by atoms with E-state index in [0.717, 1.165) is 6.42 Å². The Morgan fingerprint density at radius 2 is 1.17 bits per heavy atom. The number of nitrogens with zero attached hydrogens (tertiary/aromatic N) is 1. The Balaban J connectivity index is 4.06. The van der Waals surface area contributed by atoms with E-state index in [-0.39, 0.29) is 11.8 Å². The molecule has 0 aliphatic heterocycles. The maximum Gasteiger partial charge on any atom is 0.469 e. The van der Waals surface area contributed by atoms with Gasteiger partial charge in [-0.1, -0.05) is 103 Å². The summed E-state index contributed by atoms with van der Waals surface area (Å²) in [6, 6.07) is -0.295. The lowest BCUT2D eigenvalue weighted by molar-refractivity contribution is -0.900. The Hall–Kier alpha value is -0.830. The monoisotopic (exact) mass is 608 g/mol. The Kier molecular flexibility index (Phi) is 24.1. The predicted molar refractivity (Wildman–Crippen MR) is 165 cm³/mol. The van der Waals surface area contributed by atoms with Gasteiger partial charge in [0.05, 0.1) is 21.1 Å². The summed E-state index contributed by atoms with van der Waals surface area (Å²) in [6.45, 7) is 4.38. The van der Waals surface area contributed by atoms with Crippen molar-refractivity contribution in [2.75, 3.05) is 41.0 Å². The number of esters is 1. The van der Waals surface area contributed by atoms with Gasteiger partial charge < -0.3 is 23.7 Å². The highest BCUT2D eigenvalue weighted by Gasteiger charge is 2.37. The number of phosphoric acid groups is 1. The van der Waals surface area contributed by atoms with Crippen LogP contribution < -0.4 is 0 Å². The Labute approximate surface area is 250 Å². The number of unbranched alkanes of at least 4 members (excludes halogenated alkanes) is 15. The fourth-order valence-electron chi connectivity index (χ4n) is 5.13. The van der Waals surface area contributed by atoms with Crippen LogP contribution in [0.4, 0.5) is 0 Å². The van der Waals surface area contributed by atoms with Crippen LogP contribution in [0.2, 0.25) is 0 Å². The number of quaternary nitrogens is 1. The molecule has 0 radical (unpaired) electrons. The largest absolute Gasteiger partial charge is 0.469 e. The van der Waals surface area contributed by atoms with Crippen molar-refractivity contribution < 1.29 is 42.4 Å². The van der Waals surface area contributed by atoms with E-state index in [0.29, 0.717) is 30.5 Å². The fraction of sp³-hybridized carbons (Fsp3) is 0.935. The van der Waals surface area contributed by atoms with Crippen molar-refractivity contribution in [1.29, 1.82) is 0 Å². The molecule has 10 heteroatoms. The standard InChI is InChI=1S/C31H62NO8P/c1-6-7-8-9-10-11-12-13-14-15-16-17-18-19-20-21-24-38-25-22-23-29(32(3,4)5)30(27-39-41(35,36)37)40-31(34)26-28(2)33/h29-30H,6-27H2,1-5H3,(H-,35,36,37)/p+1. The summed E-state index contributed by atoms with van der Waals surface area (Å²) in [7, 11) is 1.03. The topological polar surface area (TPSA) is 119 Å². The van der Waals surface area contributed by atoms with Crippen molar-refractivity contribution in [1.82, 2.24) is 0 Å². The molecule has 0 saturated carbocycles. The van der Waals surface area contributed by atoms with Gasteiger partial charge in [0, 0.05) is 19.6 Å². The van der Waals surface area contributed by atoms with Gasteiger partial charge in [0.2, 0.25) is 0 Å². The van der Waals surface area contributed by atoms with Gasteiger partial charge in [0.25, 0.3) is 0 Å². The van der Waals surface area contributed by atoms with Gasteiger partial charge >= 0.3 is 13.8 Å². The maximum absolute atomic E-state index is 12.2. The zero-order chi connectivity index (χ0) is 31.0. The van der Waals surface area contributed by atoms with Crippen molar-refractivity contribution in [3.8, 4) is 0 Å². The molecular weight excluding hydrogens is 545 g/mol. The highest BCUT2D eigenvalue weighted by molar-refractivity contribution is 7.46. The summed E-state index contributed by atoms with van der Waals surface area (Å²) in [5.74, 6) is -1.07. The van der Waals surface area contributed by atoms with Crippen molar-refractivity contribution in [3.05, 3.63) is 0 Å². The molecule has 0 aromatic rings. The van der Waals surface area contributed by atoms with Crippen LogP contribution in [0.3, 0.4) is 0 Å². The third kappa shape index (κ3) is 26.5. The predicted octanol–water partition coefficient (Wildman–Crippen LogP) is 7.12. The molecule has 244 valence electrons. The molecule has 2 N–H and O–H groups in total. The zero-order valence-electron chi connectivity index (χ0n) is 26.9. The van der Waals surface area contributed by atoms with Crippen LogP contribution in [0.5, 0.6) is 0 Å². The molecular formula is C31H63NO8P+. The van der Waals surface area contributed by atoms with Crippen LogP contribution in [0.25, 0.3) is 0 Å². The number of hydrogen-bond donors (Lipinski definition) is 2. The third-order valence-electron chi connectivity index (χ3n) is 7.44. The first-order valence-corrected chi connectivity index (χ1v) is 17.7. The number of carbonyl (C=O) groups excluding carboxylic acids is 2. The van der Waals surface area contributed by atoms with Crippen LogP contribution in [0.1, 0.15) is 136 Å². The summed E-state index contributed by atoms with van der Waals surface area (Å²) in [6.07, 6.45) is 21.4. The molecule has 0 fully saturated rings. The smallest absolute Gasteiger partial charge is 0.453 e. The summed E-state index contributed by atoms with van der Waals surface area (Å²) < 4.78 is 27.6. The van der Waals surface area contributed by atoms with E-state index in [1.807, 2.05) is 21.1 Å². The number of likely N-dealkylation sites (N-methyl/N-ethyl adjacent to an activating group) is 1. The van der Waals surface area contributed by atoms with Gasteiger partial charge in [-0.05, 0) is 19.8 Å². The molecule has 2 atom stereocenters. The van der Waals surface area contributed by atoms with Gasteiger partial charge in [0.1, 0.15) is 24.9 Å². The molecule has 0 aromatic carbocycles. The number of ketones is 1. The molecule has 0 spiro atoms. The average molecular weight is 609 g/mol. The highest BCUT2D eigenvalue weighted by Crippen LogP contribution is 2.36. The molecule has 0 bridgehead atoms. The van der Waals surface area contributed by atoms with Gasteiger partial charge in [-0.25, -0.2) is 4.57 Å². The van der Waals surface area contributed by atoms with E-state index >= 15 is 0 Å². The Morgan fingerprint density at radius 1 is 0.732 bits per heavy atom. The quantitative estimate of drug-likeness (QED) is 0.0303. The van der Waals surface area contributed by atoms with Gasteiger partial charge in [-0.2, -0.15) is 0 Å². The number of rotatable bonds is 29. The molecule has 0 aliphatic carbocycles. The molecule has 9 nitrogen and oxygen atoms in total. The summed E-state index contributed by atoms with van der Waals surface area (Å²) in [4.78, 5) is 41.8. The summed E-state index contributed by atoms with van der Waals surface area (Å²) in [5, 5.41) is 0.